The second-order valence-corrected chi connectivity index (χ2v) is 3.26. The van der Waals surface area contributed by atoms with Gasteiger partial charge in [0.1, 0.15) is 6.61 Å². The highest BCUT2D eigenvalue weighted by molar-refractivity contribution is 5.83. The van der Waals surface area contributed by atoms with Gasteiger partial charge in [0.05, 0.1) is 0 Å². The third kappa shape index (κ3) is 1.48. The summed E-state index contributed by atoms with van der Waals surface area (Å²) in [5.41, 5.74) is 3.30. The van der Waals surface area contributed by atoms with E-state index >= 15 is 0 Å². The number of hydrogen-bond donors (Lipinski definition) is 1. The Morgan fingerprint density at radius 3 is 3.14 bits per heavy atom. The predicted molar refractivity (Wildman–Crippen MR) is 53.9 cm³/mol. The number of aryl methyl sites for hydroxylation is 1. The van der Waals surface area contributed by atoms with Crippen molar-refractivity contribution in [3.8, 4) is 0 Å². The van der Waals surface area contributed by atoms with E-state index in [-0.39, 0.29) is 0 Å². The zero-order chi connectivity index (χ0) is 9.97. The van der Waals surface area contributed by atoms with E-state index in [4.69, 9.17) is 0 Å². The summed E-state index contributed by atoms with van der Waals surface area (Å²) in [6, 6.07) is 5.99. The molecule has 72 valence electrons. The molecule has 0 fully saturated rings. The first-order valence-electron chi connectivity index (χ1n) is 4.43. The number of carbonyl (C=O) groups is 1. The summed E-state index contributed by atoms with van der Waals surface area (Å²) >= 11 is 0. The Hall–Kier alpha value is -1.77. The quantitative estimate of drug-likeness (QED) is 0.751. The van der Waals surface area contributed by atoms with Crippen molar-refractivity contribution < 1.29 is 9.53 Å². The number of H-pyrrole nitrogens is 1. The van der Waals surface area contributed by atoms with Gasteiger partial charge >= 0.3 is 0 Å². The van der Waals surface area contributed by atoms with Crippen LogP contribution >= 0.6 is 0 Å². The first-order valence-corrected chi connectivity index (χ1v) is 4.43. The molecule has 0 aliphatic carbocycles. The highest BCUT2D eigenvalue weighted by Crippen LogP contribution is 2.18. The van der Waals surface area contributed by atoms with Gasteiger partial charge in [0, 0.05) is 17.1 Å². The lowest BCUT2D eigenvalue weighted by molar-refractivity contribution is -0.129. The number of benzene rings is 1. The van der Waals surface area contributed by atoms with Gasteiger partial charge in [-0.15, -0.1) is 0 Å². The molecule has 14 heavy (non-hydrogen) atoms. The minimum absolute atomic E-state index is 0.331. The van der Waals surface area contributed by atoms with E-state index < -0.39 is 0 Å². The van der Waals surface area contributed by atoms with Gasteiger partial charge in [0.15, 0.2) is 0 Å². The zero-order valence-electron chi connectivity index (χ0n) is 7.91. The zero-order valence-corrected chi connectivity index (χ0v) is 7.91. The first-order chi connectivity index (χ1) is 6.81. The number of aromatic nitrogens is 1. The van der Waals surface area contributed by atoms with Gasteiger partial charge in [-0.1, -0.05) is 12.1 Å². The Labute approximate surface area is 81.7 Å². The largest absolute Gasteiger partial charge is 0.463 e. The van der Waals surface area contributed by atoms with Crippen molar-refractivity contribution in [2.24, 2.45) is 0 Å². The summed E-state index contributed by atoms with van der Waals surface area (Å²) < 4.78 is 4.68. The second kappa shape index (κ2) is 3.54. The SMILES string of the molecule is Cc1c[nH]c2cc(COC=O)ccc12. The fourth-order valence-corrected chi connectivity index (χ4v) is 1.54. The molecule has 3 heteroatoms. The Balaban J connectivity index is 2.36. The molecule has 1 N–H and O–H groups in total. The molecule has 1 heterocycles. The molecule has 0 aliphatic heterocycles. The maximum atomic E-state index is 10.0. The van der Waals surface area contributed by atoms with E-state index in [0.29, 0.717) is 13.1 Å². The topological polar surface area (TPSA) is 42.1 Å². The molecule has 0 radical (unpaired) electrons. The smallest absolute Gasteiger partial charge is 0.293 e. The number of rotatable bonds is 3. The van der Waals surface area contributed by atoms with Crippen molar-refractivity contribution in [3.63, 3.8) is 0 Å². The van der Waals surface area contributed by atoms with Crippen LogP contribution in [-0.2, 0) is 16.1 Å². The lowest BCUT2D eigenvalue weighted by Crippen LogP contribution is -1.89. The van der Waals surface area contributed by atoms with Crippen LogP contribution in [0.5, 0.6) is 0 Å². The molecule has 0 saturated carbocycles. The highest BCUT2D eigenvalue weighted by atomic mass is 16.5. The van der Waals surface area contributed by atoms with Crippen molar-refractivity contribution in [2.45, 2.75) is 13.5 Å². The molecule has 0 saturated heterocycles. The number of aromatic amines is 1. The number of fused-ring (bicyclic) bond motifs is 1. The lowest BCUT2D eigenvalue weighted by Gasteiger charge is -1.99. The van der Waals surface area contributed by atoms with Crippen LogP contribution in [0.3, 0.4) is 0 Å². The Morgan fingerprint density at radius 2 is 2.36 bits per heavy atom. The van der Waals surface area contributed by atoms with Crippen LogP contribution < -0.4 is 0 Å². The summed E-state index contributed by atoms with van der Waals surface area (Å²) in [5, 5.41) is 1.21. The molecule has 0 aliphatic rings. The predicted octanol–water partition coefficient (Wildman–Crippen LogP) is 2.15. The van der Waals surface area contributed by atoms with Crippen LogP contribution in [0.4, 0.5) is 0 Å². The van der Waals surface area contributed by atoms with Crippen LogP contribution in [0.1, 0.15) is 11.1 Å². The number of hydrogen-bond acceptors (Lipinski definition) is 2. The minimum Gasteiger partial charge on any atom is -0.463 e. The molecule has 2 rings (SSSR count). The van der Waals surface area contributed by atoms with E-state index in [0.717, 1.165) is 11.1 Å². The third-order valence-electron chi connectivity index (χ3n) is 2.27. The van der Waals surface area contributed by atoms with E-state index in [1.54, 1.807) is 0 Å². The van der Waals surface area contributed by atoms with Crippen molar-refractivity contribution in [3.05, 3.63) is 35.5 Å². The Bertz CT molecular complexity index is 459. The Morgan fingerprint density at radius 1 is 1.50 bits per heavy atom. The molecule has 0 bridgehead atoms. The maximum Gasteiger partial charge on any atom is 0.293 e. The molecular formula is C11H11NO2. The maximum absolute atomic E-state index is 10.0. The molecule has 3 nitrogen and oxygen atoms in total. The van der Waals surface area contributed by atoms with Crippen molar-refractivity contribution in [2.75, 3.05) is 0 Å². The molecule has 0 atom stereocenters. The highest BCUT2D eigenvalue weighted by Gasteiger charge is 2.00. The molecule has 1 aromatic heterocycles. The Kier molecular flexibility index (Phi) is 2.23. The summed E-state index contributed by atoms with van der Waals surface area (Å²) in [4.78, 5) is 13.2. The summed E-state index contributed by atoms with van der Waals surface area (Å²) in [7, 11) is 0. The van der Waals surface area contributed by atoms with Crippen molar-refractivity contribution >= 4 is 17.4 Å². The molecule has 0 spiro atoms. The third-order valence-corrected chi connectivity index (χ3v) is 2.27. The molecule has 0 amide bonds. The summed E-state index contributed by atoms with van der Waals surface area (Å²) in [6.45, 7) is 2.85. The summed E-state index contributed by atoms with van der Waals surface area (Å²) in [5.74, 6) is 0. The normalized spacial score (nSPS) is 10.4. The monoisotopic (exact) mass is 189 g/mol. The van der Waals surface area contributed by atoms with E-state index in [1.165, 1.54) is 10.9 Å². The molecular weight excluding hydrogens is 178 g/mol. The lowest BCUT2D eigenvalue weighted by atomic mass is 10.1. The van der Waals surface area contributed by atoms with Gasteiger partial charge in [-0.25, -0.2) is 0 Å². The van der Waals surface area contributed by atoms with E-state index in [1.807, 2.05) is 24.4 Å². The van der Waals surface area contributed by atoms with Gasteiger partial charge in [0.2, 0.25) is 0 Å². The molecule has 2 aromatic rings. The average molecular weight is 189 g/mol. The van der Waals surface area contributed by atoms with Crippen LogP contribution in [0.2, 0.25) is 0 Å². The first kappa shape index (κ1) is 8.81. The van der Waals surface area contributed by atoms with Gasteiger partial charge in [0.25, 0.3) is 6.47 Å². The van der Waals surface area contributed by atoms with Gasteiger partial charge < -0.3 is 9.72 Å². The van der Waals surface area contributed by atoms with E-state index in [2.05, 4.69) is 16.6 Å². The number of carbonyl (C=O) groups excluding carboxylic acids is 1. The number of nitrogens with one attached hydrogen (secondary N) is 1. The van der Waals surface area contributed by atoms with Crippen molar-refractivity contribution in [1.82, 2.24) is 4.98 Å². The fourth-order valence-electron chi connectivity index (χ4n) is 1.54. The van der Waals surface area contributed by atoms with E-state index in [9.17, 15) is 4.79 Å². The van der Waals surface area contributed by atoms with Gasteiger partial charge in [-0.3, -0.25) is 4.79 Å². The fraction of sp³-hybridized carbons (Fsp3) is 0.182. The molecule has 0 unspecified atom stereocenters. The minimum atomic E-state index is 0.331. The standard InChI is InChI=1S/C11H11NO2/c1-8-5-12-11-4-9(6-14-7-13)2-3-10(8)11/h2-5,7,12H,6H2,1H3. The van der Waals surface area contributed by atoms with Crippen LogP contribution in [0.25, 0.3) is 10.9 Å². The van der Waals surface area contributed by atoms with Crippen molar-refractivity contribution in [1.29, 1.82) is 0 Å². The van der Waals surface area contributed by atoms with Crippen LogP contribution in [-0.4, -0.2) is 11.5 Å². The average Bonchev–Trinajstić information content (AvgIpc) is 2.57. The molecule has 1 aromatic carbocycles. The number of ether oxygens (including phenoxy) is 1. The van der Waals surface area contributed by atoms with Gasteiger partial charge in [-0.05, 0) is 24.1 Å². The second-order valence-electron chi connectivity index (χ2n) is 3.26. The summed E-state index contributed by atoms with van der Waals surface area (Å²) in [6.07, 6.45) is 1.97. The van der Waals surface area contributed by atoms with Crippen LogP contribution in [0, 0.1) is 6.92 Å². The van der Waals surface area contributed by atoms with Gasteiger partial charge in [-0.2, -0.15) is 0 Å². The van der Waals surface area contributed by atoms with Crippen LogP contribution in [0.15, 0.2) is 24.4 Å².